The van der Waals surface area contributed by atoms with Gasteiger partial charge in [0.05, 0.1) is 23.7 Å². The minimum Gasteiger partial charge on any atom is -0.465 e. The number of esters is 1. The monoisotopic (exact) mass is 210 g/mol. The third-order valence-electron chi connectivity index (χ3n) is 2.29. The van der Waals surface area contributed by atoms with Crippen LogP contribution < -0.4 is 5.69 Å². The zero-order valence-corrected chi connectivity index (χ0v) is 8.38. The van der Waals surface area contributed by atoms with E-state index in [-0.39, 0.29) is 8.54 Å². The van der Waals surface area contributed by atoms with E-state index in [1.54, 1.807) is 19.1 Å². The third kappa shape index (κ3) is 1.41. The molecule has 5 nitrogen and oxygen atoms in total. The number of methoxy groups -OCH3 is 1. The minimum absolute atomic E-state index is 0. The van der Waals surface area contributed by atoms with Crippen LogP contribution in [0.1, 0.15) is 18.8 Å². The summed E-state index contributed by atoms with van der Waals surface area (Å²) >= 11 is 0. The molecule has 1 heterocycles. The van der Waals surface area contributed by atoms with Gasteiger partial charge in [-0.2, -0.15) is 0 Å². The molecular formula is C10H14N2O3. The first kappa shape index (κ1) is 9.51. The van der Waals surface area contributed by atoms with Crippen LogP contribution in [0.2, 0.25) is 0 Å². The van der Waals surface area contributed by atoms with Gasteiger partial charge in [-0.1, -0.05) is 6.07 Å². The number of nitrogens with one attached hydrogen (secondary N) is 2. The molecule has 0 amide bonds. The van der Waals surface area contributed by atoms with Crippen molar-refractivity contribution in [2.75, 3.05) is 7.11 Å². The van der Waals surface area contributed by atoms with E-state index in [2.05, 4.69) is 14.7 Å². The first-order valence-corrected chi connectivity index (χ1v) is 4.43. The summed E-state index contributed by atoms with van der Waals surface area (Å²) in [4.78, 5) is 27.8. The van der Waals surface area contributed by atoms with Gasteiger partial charge in [0.15, 0.2) is 0 Å². The Bertz CT molecular complexity index is 589. The Labute approximate surface area is 88.0 Å². The second-order valence-electron chi connectivity index (χ2n) is 3.25. The molecule has 0 aliphatic rings. The predicted molar refractivity (Wildman–Crippen MR) is 59.2 cm³/mol. The van der Waals surface area contributed by atoms with E-state index >= 15 is 0 Å². The van der Waals surface area contributed by atoms with Crippen molar-refractivity contribution in [3.63, 3.8) is 0 Å². The SMILES string of the molecule is COC(=O)c1c(C)ccc2[nH]c(=O)[nH]c12.[HH].[HH]. The number of carbonyl (C=O) groups excluding carboxylic acids is 1. The quantitative estimate of drug-likeness (QED) is 0.699. The summed E-state index contributed by atoms with van der Waals surface area (Å²) in [7, 11) is 1.31. The van der Waals surface area contributed by atoms with Gasteiger partial charge in [-0.3, -0.25) is 0 Å². The number of rotatable bonds is 1. The Kier molecular flexibility index (Phi) is 2.07. The van der Waals surface area contributed by atoms with Gasteiger partial charge in [0.1, 0.15) is 0 Å². The maximum atomic E-state index is 11.5. The number of fused-ring (bicyclic) bond motifs is 1. The molecule has 0 radical (unpaired) electrons. The molecule has 0 fully saturated rings. The molecule has 82 valence electrons. The fourth-order valence-corrected chi connectivity index (χ4v) is 1.57. The van der Waals surface area contributed by atoms with E-state index < -0.39 is 5.97 Å². The Hall–Kier alpha value is -2.04. The average Bonchev–Trinajstić information content (AvgIpc) is 2.57. The maximum Gasteiger partial charge on any atom is 0.340 e. The molecule has 0 saturated carbocycles. The van der Waals surface area contributed by atoms with Crippen LogP contribution in [0.5, 0.6) is 0 Å². The van der Waals surface area contributed by atoms with Gasteiger partial charge in [0.25, 0.3) is 0 Å². The van der Waals surface area contributed by atoms with Crippen molar-refractivity contribution in [1.29, 1.82) is 0 Å². The van der Waals surface area contributed by atoms with E-state index in [0.29, 0.717) is 16.6 Å². The highest BCUT2D eigenvalue weighted by atomic mass is 16.5. The number of imidazole rings is 1. The number of hydrogen-bond acceptors (Lipinski definition) is 3. The molecule has 2 aromatic rings. The van der Waals surface area contributed by atoms with Gasteiger partial charge in [0, 0.05) is 2.85 Å². The highest BCUT2D eigenvalue weighted by Gasteiger charge is 2.15. The number of H-pyrrole nitrogens is 2. The van der Waals surface area contributed by atoms with Crippen LogP contribution in [0.3, 0.4) is 0 Å². The Morgan fingerprint density at radius 2 is 2.13 bits per heavy atom. The van der Waals surface area contributed by atoms with Gasteiger partial charge < -0.3 is 14.7 Å². The maximum absolute atomic E-state index is 11.5. The van der Waals surface area contributed by atoms with Gasteiger partial charge in [-0.05, 0) is 18.6 Å². The van der Waals surface area contributed by atoms with Crippen LogP contribution in [0.15, 0.2) is 16.9 Å². The number of hydrogen-bond donors (Lipinski definition) is 2. The summed E-state index contributed by atoms with van der Waals surface area (Å²) in [6, 6.07) is 3.51. The molecule has 0 atom stereocenters. The van der Waals surface area contributed by atoms with E-state index in [4.69, 9.17) is 0 Å². The minimum atomic E-state index is -0.451. The number of aromatic amines is 2. The zero-order chi connectivity index (χ0) is 11.0. The standard InChI is InChI=1S/C10H10N2O3.2H2/c1-5-3-4-6-8(12-10(14)11-6)7(5)9(13)15-2;;/h3-4H,1-2H3,(H2,11,12,14);2*1H. The topological polar surface area (TPSA) is 75.0 Å². The molecule has 0 aliphatic carbocycles. The van der Waals surface area contributed by atoms with Crippen molar-refractivity contribution in [3.05, 3.63) is 33.7 Å². The van der Waals surface area contributed by atoms with Crippen LogP contribution in [-0.2, 0) is 4.74 Å². The molecule has 5 heteroatoms. The summed E-state index contributed by atoms with van der Waals surface area (Å²) < 4.78 is 4.66. The molecule has 0 aliphatic heterocycles. The molecule has 2 rings (SSSR count). The molecule has 1 aromatic carbocycles. The van der Waals surface area contributed by atoms with Crippen molar-refractivity contribution in [2.45, 2.75) is 6.92 Å². The van der Waals surface area contributed by atoms with Crippen LogP contribution in [0, 0.1) is 6.92 Å². The Morgan fingerprint density at radius 1 is 1.40 bits per heavy atom. The fraction of sp³-hybridized carbons (Fsp3) is 0.200. The van der Waals surface area contributed by atoms with Crippen LogP contribution in [0.4, 0.5) is 0 Å². The summed E-state index contributed by atoms with van der Waals surface area (Å²) in [5.74, 6) is -0.451. The molecule has 2 N–H and O–H groups in total. The molecule has 0 saturated heterocycles. The zero-order valence-electron chi connectivity index (χ0n) is 8.38. The van der Waals surface area contributed by atoms with Crippen LogP contribution in [-0.4, -0.2) is 23.0 Å². The third-order valence-corrected chi connectivity index (χ3v) is 2.29. The number of aromatic nitrogens is 2. The van der Waals surface area contributed by atoms with Crippen molar-refractivity contribution >= 4 is 17.0 Å². The van der Waals surface area contributed by atoms with E-state index in [1.807, 2.05) is 0 Å². The second-order valence-corrected chi connectivity index (χ2v) is 3.25. The van der Waals surface area contributed by atoms with Gasteiger partial charge in [-0.15, -0.1) is 0 Å². The van der Waals surface area contributed by atoms with Crippen molar-refractivity contribution in [3.8, 4) is 0 Å². The smallest absolute Gasteiger partial charge is 0.340 e. The van der Waals surface area contributed by atoms with E-state index in [0.717, 1.165) is 5.56 Å². The highest BCUT2D eigenvalue weighted by Crippen LogP contribution is 2.18. The Morgan fingerprint density at radius 3 is 2.80 bits per heavy atom. The first-order valence-electron chi connectivity index (χ1n) is 4.43. The summed E-state index contributed by atoms with van der Waals surface area (Å²) in [6.45, 7) is 1.79. The molecule has 0 spiro atoms. The number of carbonyl (C=O) groups is 1. The lowest BCUT2D eigenvalue weighted by atomic mass is 10.1. The van der Waals surface area contributed by atoms with Gasteiger partial charge in [-0.25, -0.2) is 9.59 Å². The molecule has 1 aromatic heterocycles. The molecule has 15 heavy (non-hydrogen) atoms. The van der Waals surface area contributed by atoms with Gasteiger partial charge in [0.2, 0.25) is 0 Å². The van der Waals surface area contributed by atoms with Crippen molar-refractivity contribution < 1.29 is 12.4 Å². The number of benzene rings is 1. The van der Waals surface area contributed by atoms with E-state index in [9.17, 15) is 9.59 Å². The van der Waals surface area contributed by atoms with Crippen LogP contribution >= 0.6 is 0 Å². The number of aryl methyl sites for hydroxylation is 1. The van der Waals surface area contributed by atoms with Crippen LogP contribution in [0.25, 0.3) is 11.0 Å². The Balaban J connectivity index is 0.00000128. The lowest BCUT2D eigenvalue weighted by Crippen LogP contribution is -2.05. The lowest BCUT2D eigenvalue weighted by Gasteiger charge is -2.03. The highest BCUT2D eigenvalue weighted by molar-refractivity contribution is 6.03. The van der Waals surface area contributed by atoms with Crippen molar-refractivity contribution in [1.82, 2.24) is 9.97 Å². The molecular weight excluding hydrogens is 196 g/mol. The summed E-state index contributed by atoms with van der Waals surface area (Å²) in [5.41, 5.74) is 1.93. The first-order chi connectivity index (χ1) is 7.13. The molecule has 0 unspecified atom stereocenters. The predicted octanol–water partition coefficient (Wildman–Crippen LogP) is 1.44. The summed E-state index contributed by atoms with van der Waals surface area (Å²) in [5, 5.41) is 0. The number of ether oxygens (including phenoxy) is 1. The van der Waals surface area contributed by atoms with Gasteiger partial charge >= 0.3 is 11.7 Å². The lowest BCUT2D eigenvalue weighted by molar-refractivity contribution is 0.0602. The summed E-state index contributed by atoms with van der Waals surface area (Å²) in [6.07, 6.45) is 0. The molecule has 0 bridgehead atoms. The van der Waals surface area contributed by atoms with Crippen molar-refractivity contribution in [2.24, 2.45) is 0 Å². The average molecular weight is 210 g/mol. The van der Waals surface area contributed by atoms with E-state index in [1.165, 1.54) is 7.11 Å². The largest absolute Gasteiger partial charge is 0.465 e. The second kappa shape index (κ2) is 3.27. The normalized spacial score (nSPS) is 10.5. The fourth-order valence-electron chi connectivity index (χ4n) is 1.57.